The molecular formula is C57H42F6N4. The van der Waals surface area contributed by atoms with Crippen molar-refractivity contribution >= 4 is 21.8 Å². The van der Waals surface area contributed by atoms with Crippen LogP contribution in [0.15, 0.2) is 182 Å². The van der Waals surface area contributed by atoms with Gasteiger partial charge in [0.05, 0.1) is 27.8 Å². The molecule has 2 aromatic heterocycles. The zero-order valence-corrected chi connectivity index (χ0v) is 36.9. The Morgan fingerprint density at radius 1 is 0.358 bits per heavy atom. The van der Waals surface area contributed by atoms with E-state index < -0.39 is 23.5 Å². The molecular weight excluding hydrogens is 855 g/mol. The molecule has 0 saturated heterocycles. The Bertz CT molecular complexity index is 3200. The van der Waals surface area contributed by atoms with Crippen LogP contribution in [0.5, 0.6) is 0 Å². The second-order valence-electron chi connectivity index (χ2n) is 16.1. The zero-order valence-electron chi connectivity index (χ0n) is 36.9. The number of hydrogen-bond acceptors (Lipinski definition) is 3. The summed E-state index contributed by atoms with van der Waals surface area (Å²) in [6.45, 7) is 8.06. The van der Waals surface area contributed by atoms with Crippen LogP contribution >= 0.6 is 0 Å². The average Bonchev–Trinajstić information content (AvgIpc) is 3.67. The van der Waals surface area contributed by atoms with Crippen LogP contribution in [0.4, 0.5) is 26.3 Å². The largest absolute Gasteiger partial charge is 0.416 e. The molecule has 332 valence electrons. The molecule has 0 aliphatic carbocycles. The number of aromatic nitrogens is 4. The van der Waals surface area contributed by atoms with Gasteiger partial charge >= 0.3 is 12.4 Å². The lowest BCUT2D eigenvalue weighted by atomic mass is 9.97. The standard InChI is InChI=1S/C55H36F6N4.C2H6/c1-33-13-17-35(18-14-33)39-22-25-48-46(29-39)47-30-40(36-19-15-34(2)16-20-36)23-26-49(47)65(48)50-31-41(42-27-43(54(56,57)58)32-44(28-42)55(59,60)61)21-24-45(50)53-63-51(37-9-5-3-6-10-37)62-52(64-53)38-11-7-4-8-12-38;1-2/h3-32H,1-2H3;1-2H3. The molecule has 10 rings (SSSR count). The maximum absolute atomic E-state index is 14.3. The highest BCUT2D eigenvalue weighted by Crippen LogP contribution is 2.43. The summed E-state index contributed by atoms with van der Waals surface area (Å²) in [5.74, 6) is 1.01. The third-order valence-electron chi connectivity index (χ3n) is 11.6. The van der Waals surface area contributed by atoms with E-state index in [1.807, 2.05) is 117 Å². The molecule has 0 aliphatic heterocycles. The first-order chi connectivity index (χ1) is 32.3. The van der Waals surface area contributed by atoms with Crippen molar-refractivity contribution in [1.29, 1.82) is 0 Å². The van der Waals surface area contributed by atoms with Gasteiger partial charge in [0.25, 0.3) is 0 Å². The number of halogens is 6. The van der Waals surface area contributed by atoms with Crippen LogP contribution in [0.3, 0.4) is 0 Å². The number of alkyl halides is 6. The normalized spacial score (nSPS) is 11.7. The van der Waals surface area contributed by atoms with Crippen LogP contribution < -0.4 is 0 Å². The van der Waals surface area contributed by atoms with E-state index in [0.29, 0.717) is 22.9 Å². The second-order valence-corrected chi connectivity index (χ2v) is 16.1. The highest BCUT2D eigenvalue weighted by molar-refractivity contribution is 6.12. The molecule has 67 heavy (non-hydrogen) atoms. The molecule has 0 unspecified atom stereocenters. The van der Waals surface area contributed by atoms with E-state index in [2.05, 4.69) is 60.7 Å². The smallest absolute Gasteiger partial charge is 0.308 e. The first-order valence-corrected chi connectivity index (χ1v) is 21.8. The lowest BCUT2D eigenvalue weighted by Crippen LogP contribution is -2.11. The van der Waals surface area contributed by atoms with Gasteiger partial charge in [0.2, 0.25) is 0 Å². The van der Waals surface area contributed by atoms with E-state index in [4.69, 9.17) is 15.0 Å². The van der Waals surface area contributed by atoms with Gasteiger partial charge < -0.3 is 4.57 Å². The predicted molar refractivity (Wildman–Crippen MR) is 258 cm³/mol. The highest BCUT2D eigenvalue weighted by atomic mass is 19.4. The Morgan fingerprint density at radius 3 is 1.18 bits per heavy atom. The molecule has 0 radical (unpaired) electrons. The Kier molecular flexibility index (Phi) is 11.8. The quantitative estimate of drug-likeness (QED) is 0.150. The van der Waals surface area contributed by atoms with Crippen molar-refractivity contribution < 1.29 is 26.3 Å². The third kappa shape index (κ3) is 8.95. The van der Waals surface area contributed by atoms with Crippen molar-refractivity contribution in [2.75, 3.05) is 0 Å². The maximum Gasteiger partial charge on any atom is 0.416 e. The first kappa shape index (κ1) is 44.4. The summed E-state index contributed by atoms with van der Waals surface area (Å²) in [4.78, 5) is 14.9. The van der Waals surface area contributed by atoms with Crippen LogP contribution in [0.2, 0.25) is 0 Å². The van der Waals surface area contributed by atoms with Crippen molar-refractivity contribution in [3.8, 4) is 73.2 Å². The van der Waals surface area contributed by atoms with E-state index in [-0.39, 0.29) is 23.0 Å². The van der Waals surface area contributed by atoms with E-state index in [0.717, 1.165) is 78.4 Å². The van der Waals surface area contributed by atoms with Crippen molar-refractivity contribution in [2.24, 2.45) is 0 Å². The van der Waals surface area contributed by atoms with Gasteiger partial charge in [0.1, 0.15) is 0 Å². The minimum atomic E-state index is -5.04. The van der Waals surface area contributed by atoms with Gasteiger partial charge in [-0.15, -0.1) is 0 Å². The summed E-state index contributed by atoms with van der Waals surface area (Å²) < 4.78 is 87.8. The van der Waals surface area contributed by atoms with Crippen LogP contribution in [-0.4, -0.2) is 19.5 Å². The van der Waals surface area contributed by atoms with E-state index in [1.165, 1.54) is 6.07 Å². The maximum atomic E-state index is 14.3. The number of benzene rings is 8. The van der Waals surface area contributed by atoms with E-state index in [9.17, 15) is 26.3 Å². The number of aryl methyl sites for hydroxylation is 2. The molecule has 0 fully saturated rings. The number of rotatable bonds is 7. The predicted octanol–water partition coefficient (Wildman–Crippen LogP) is 16.7. The summed E-state index contributed by atoms with van der Waals surface area (Å²) >= 11 is 0. The molecule has 0 N–H and O–H groups in total. The van der Waals surface area contributed by atoms with Crippen molar-refractivity contribution in [3.63, 3.8) is 0 Å². The minimum absolute atomic E-state index is 0.128. The summed E-state index contributed by atoms with van der Waals surface area (Å²) in [7, 11) is 0. The minimum Gasteiger partial charge on any atom is -0.308 e. The Hall–Kier alpha value is -7.85. The van der Waals surface area contributed by atoms with Gasteiger partial charge in [-0.1, -0.05) is 152 Å². The molecule has 0 atom stereocenters. The Labute approximate surface area is 383 Å². The van der Waals surface area contributed by atoms with Gasteiger partial charge in [-0.3, -0.25) is 0 Å². The highest BCUT2D eigenvalue weighted by Gasteiger charge is 2.37. The van der Waals surface area contributed by atoms with Gasteiger partial charge in [-0.05, 0) is 102 Å². The zero-order chi connectivity index (χ0) is 47.0. The fourth-order valence-electron chi connectivity index (χ4n) is 8.27. The average molecular weight is 897 g/mol. The van der Waals surface area contributed by atoms with Gasteiger partial charge in [0, 0.05) is 27.5 Å². The van der Waals surface area contributed by atoms with Crippen molar-refractivity contribution in [2.45, 2.75) is 40.0 Å². The molecule has 10 heteroatoms. The van der Waals surface area contributed by atoms with E-state index >= 15 is 0 Å². The molecule has 0 aliphatic rings. The monoisotopic (exact) mass is 896 g/mol. The van der Waals surface area contributed by atoms with Crippen LogP contribution in [0.1, 0.15) is 36.1 Å². The third-order valence-corrected chi connectivity index (χ3v) is 11.6. The number of nitrogens with zero attached hydrogens (tertiary/aromatic N) is 4. The lowest BCUT2D eigenvalue weighted by Gasteiger charge is -2.18. The lowest BCUT2D eigenvalue weighted by molar-refractivity contribution is -0.143. The van der Waals surface area contributed by atoms with Crippen LogP contribution in [0.25, 0.3) is 95.0 Å². The Balaban J connectivity index is 0.00000278. The van der Waals surface area contributed by atoms with E-state index in [1.54, 1.807) is 12.1 Å². The molecule has 4 nitrogen and oxygen atoms in total. The van der Waals surface area contributed by atoms with Crippen molar-refractivity contribution in [3.05, 3.63) is 204 Å². The molecule has 0 amide bonds. The van der Waals surface area contributed by atoms with Gasteiger partial charge in [-0.2, -0.15) is 26.3 Å². The molecule has 0 saturated carbocycles. The second kappa shape index (κ2) is 17.9. The summed E-state index contributed by atoms with van der Waals surface area (Å²) in [5.41, 5.74) is 7.08. The SMILES string of the molecule is CC.Cc1ccc(-c2ccc3c(c2)c2cc(-c4ccc(C)cc4)ccc2n3-c2cc(-c3cc(C(F)(F)F)cc(C(F)(F)F)c3)ccc2-c2nc(-c3ccccc3)nc(-c3ccccc3)n2)cc1. The molecule has 8 aromatic carbocycles. The van der Waals surface area contributed by atoms with Gasteiger partial charge in [0.15, 0.2) is 17.5 Å². The number of hydrogen-bond donors (Lipinski definition) is 0. The topological polar surface area (TPSA) is 43.6 Å². The summed E-state index contributed by atoms with van der Waals surface area (Å²) in [6, 6.07) is 54.0. The van der Waals surface area contributed by atoms with Crippen molar-refractivity contribution in [1.82, 2.24) is 19.5 Å². The molecule has 2 heterocycles. The van der Waals surface area contributed by atoms with Gasteiger partial charge in [-0.25, -0.2) is 15.0 Å². The molecule has 10 aromatic rings. The Morgan fingerprint density at radius 2 is 0.746 bits per heavy atom. The number of fused-ring (bicyclic) bond motifs is 3. The fraction of sp³-hybridized carbons (Fsp3) is 0.105. The van der Waals surface area contributed by atoms with Crippen LogP contribution in [-0.2, 0) is 12.4 Å². The van der Waals surface area contributed by atoms with Crippen LogP contribution in [0, 0.1) is 13.8 Å². The summed E-state index contributed by atoms with van der Waals surface area (Å²) in [6.07, 6.45) is -10.1. The first-order valence-electron chi connectivity index (χ1n) is 21.8. The summed E-state index contributed by atoms with van der Waals surface area (Å²) in [5, 5.41) is 1.76. The molecule has 0 spiro atoms. The molecule has 0 bridgehead atoms. The fourth-order valence-corrected chi connectivity index (χ4v) is 8.27.